The van der Waals surface area contributed by atoms with Gasteiger partial charge in [0.1, 0.15) is 17.1 Å². The third kappa shape index (κ3) is 8.01. The Kier molecular flexibility index (Phi) is 14.0. The Morgan fingerprint density at radius 3 is 2.24 bits per heavy atom. The Morgan fingerprint density at radius 2 is 1.72 bits per heavy atom. The Morgan fingerprint density at radius 1 is 1.08 bits per heavy atom. The van der Waals surface area contributed by atoms with E-state index in [4.69, 9.17) is 9.15 Å². The normalized spacial score (nSPS) is 10.4. The summed E-state index contributed by atoms with van der Waals surface area (Å²) in [5.74, 6) is 1.88. The minimum atomic E-state index is 0.876. The fraction of sp³-hybridized carbons (Fsp3) is 0.579. The van der Waals surface area contributed by atoms with E-state index in [1.807, 2.05) is 28.9 Å². The first-order valence-corrected chi connectivity index (χ1v) is 12.5. The maximum Gasteiger partial charge on any atom is 0.134 e. The van der Waals surface area contributed by atoms with Gasteiger partial charge in [0, 0.05) is 30.6 Å². The minimum absolute atomic E-state index is 0.876. The van der Waals surface area contributed by atoms with Crippen molar-refractivity contribution in [3.8, 4) is 5.75 Å². The molecule has 0 atom stereocenters. The van der Waals surface area contributed by atoms with Gasteiger partial charge in [0.05, 0.1) is 7.11 Å². The number of benzene rings is 1. The summed E-state index contributed by atoms with van der Waals surface area (Å²) in [7, 11) is 5.91. The summed E-state index contributed by atoms with van der Waals surface area (Å²) in [6.07, 6.45) is 0. The van der Waals surface area contributed by atoms with E-state index in [9.17, 15) is 0 Å². The number of rotatable bonds is 7. The van der Waals surface area contributed by atoms with Gasteiger partial charge in [-0.05, 0) is 55.6 Å². The molecule has 4 nitrogen and oxygen atoms in total. The lowest BCUT2D eigenvalue weighted by atomic mass is 10.1. The summed E-state index contributed by atoms with van der Waals surface area (Å²) < 4.78 is 11.2. The van der Waals surface area contributed by atoms with Gasteiger partial charge in [-0.2, -0.15) is 0 Å². The molecule has 0 spiro atoms. The van der Waals surface area contributed by atoms with Gasteiger partial charge in [0.25, 0.3) is 0 Å². The molecule has 0 aliphatic carbocycles. The molecule has 25 heavy (non-hydrogen) atoms. The number of methoxy groups -OCH3 is 1. The van der Waals surface area contributed by atoms with Crippen LogP contribution in [-0.4, -0.2) is 60.5 Å². The second kappa shape index (κ2) is 14.1. The van der Waals surface area contributed by atoms with Crippen molar-refractivity contribution >= 4 is 56.2 Å². The van der Waals surface area contributed by atoms with Gasteiger partial charge in [0.15, 0.2) is 0 Å². The van der Waals surface area contributed by atoms with Gasteiger partial charge in [0.2, 0.25) is 0 Å². The van der Waals surface area contributed by atoms with Gasteiger partial charge in [-0.3, -0.25) is 4.90 Å². The summed E-state index contributed by atoms with van der Waals surface area (Å²) in [4.78, 5) is 8.60. The van der Waals surface area contributed by atoms with E-state index in [0.717, 1.165) is 48.7 Å². The molecule has 0 saturated heterocycles. The van der Waals surface area contributed by atoms with Crippen LogP contribution in [0.2, 0.25) is 0 Å². The van der Waals surface area contributed by atoms with Crippen LogP contribution in [-0.2, 0) is 6.54 Å². The number of likely N-dealkylation sites (N-methyl/N-ethyl adjacent to an activating group) is 2. The van der Waals surface area contributed by atoms with Crippen LogP contribution in [0.15, 0.2) is 22.6 Å². The van der Waals surface area contributed by atoms with E-state index in [2.05, 4.69) is 82.1 Å². The zero-order valence-electron chi connectivity index (χ0n) is 16.5. The molecule has 0 unspecified atom stereocenters. The highest BCUT2D eigenvalue weighted by atomic mass is 127. The summed E-state index contributed by atoms with van der Waals surface area (Å²) in [6.45, 7) is 8.31. The predicted octanol–water partition coefficient (Wildman–Crippen LogP) is 5.24. The molecule has 0 aliphatic heterocycles. The Labute approximate surface area is 180 Å². The lowest BCUT2D eigenvalue weighted by Crippen LogP contribution is -2.31. The number of alkyl halides is 2. The quantitative estimate of drug-likeness (QED) is 0.335. The first-order chi connectivity index (χ1) is 12.0. The molecule has 6 heteroatoms. The van der Waals surface area contributed by atoms with Crippen molar-refractivity contribution in [3.63, 3.8) is 0 Å². The van der Waals surface area contributed by atoms with E-state index >= 15 is 0 Å². The molecular weight excluding hydrogens is 542 g/mol. The maximum absolute atomic E-state index is 5.88. The van der Waals surface area contributed by atoms with E-state index < -0.39 is 0 Å². The van der Waals surface area contributed by atoms with Crippen molar-refractivity contribution in [3.05, 3.63) is 29.5 Å². The van der Waals surface area contributed by atoms with E-state index in [1.54, 1.807) is 7.11 Å². The predicted molar refractivity (Wildman–Crippen MR) is 127 cm³/mol. The molecule has 0 radical (unpaired) electrons. The summed E-state index contributed by atoms with van der Waals surface area (Å²) in [5.41, 5.74) is 2.21. The average molecular weight is 574 g/mol. The molecule has 0 N–H and O–H groups in total. The molecule has 0 fully saturated rings. The van der Waals surface area contributed by atoms with Crippen LogP contribution in [0.1, 0.15) is 18.2 Å². The second-order valence-electron chi connectivity index (χ2n) is 5.67. The molecule has 144 valence electrons. The second-order valence-corrected chi connectivity index (χ2v) is 5.67. The molecule has 0 saturated carbocycles. The molecule has 2 aromatic rings. The monoisotopic (exact) mass is 574 g/mol. The molecular formula is C19H32I2N2O2. The molecule has 0 bridgehead atoms. The zero-order valence-corrected chi connectivity index (χ0v) is 20.8. The third-order valence-electron chi connectivity index (χ3n) is 3.89. The number of ether oxygens (including phenoxy) is 1. The van der Waals surface area contributed by atoms with Crippen LogP contribution in [0.4, 0.5) is 0 Å². The van der Waals surface area contributed by atoms with Gasteiger partial charge in [-0.1, -0.05) is 52.1 Å². The highest BCUT2D eigenvalue weighted by molar-refractivity contribution is 14.1. The number of fused-ring (bicyclic) bond motifs is 1. The number of hydrogen-bond donors (Lipinski definition) is 0. The Balaban J connectivity index is 0.00000134. The zero-order chi connectivity index (χ0) is 19.4. The highest BCUT2D eigenvalue weighted by Gasteiger charge is 2.14. The van der Waals surface area contributed by atoms with Crippen molar-refractivity contribution in [1.29, 1.82) is 0 Å². The standard InChI is InChI=1S/C17H26N2O2.2CH3I/c1-6-19(10-9-18(3)4)12-16-13(2)21-17-8-7-14(20-5)11-15(16)17;2*1-2/h7-8,11H,6,9-10,12H2,1-5H3;2*1H3. The summed E-state index contributed by atoms with van der Waals surface area (Å²) in [6, 6.07) is 6.00. The maximum atomic E-state index is 5.88. The van der Waals surface area contributed by atoms with Crippen molar-refractivity contribution in [2.75, 3.05) is 50.7 Å². The Hall–Kier alpha value is -0.0600. The van der Waals surface area contributed by atoms with Crippen molar-refractivity contribution in [1.82, 2.24) is 9.80 Å². The first-order valence-electron chi connectivity index (χ1n) is 8.23. The SMILES string of the molecule is CCN(CCN(C)C)Cc1c(C)oc2ccc(OC)cc12.CI.CI. The molecule has 2 rings (SSSR count). The smallest absolute Gasteiger partial charge is 0.134 e. The van der Waals surface area contributed by atoms with E-state index in [-0.39, 0.29) is 0 Å². The average Bonchev–Trinajstić information content (AvgIpc) is 2.96. The van der Waals surface area contributed by atoms with Crippen LogP contribution in [0, 0.1) is 6.92 Å². The number of aryl methyl sites for hydroxylation is 1. The lowest BCUT2D eigenvalue weighted by Gasteiger charge is -2.22. The topological polar surface area (TPSA) is 28.9 Å². The summed E-state index contributed by atoms with van der Waals surface area (Å²) >= 11 is 4.30. The fourth-order valence-corrected chi connectivity index (χ4v) is 2.49. The molecule has 1 heterocycles. The first kappa shape index (κ1) is 24.9. The summed E-state index contributed by atoms with van der Waals surface area (Å²) in [5, 5.41) is 1.16. The number of nitrogens with zero attached hydrogens (tertiary/aromatic N) is 2. The largest absolute Gasteiger partial charge is 0.497 e. The van der Waals surface area contributed by atoms with Gasteiger partial charge in [-0.15, -0.1) is 0 Å². The van der Waals surface area contributed by atoms with Crippen molar-refractivity contribution < 1.29 is 9.15 Å². The van der Waals surface area contributed by atoms with Crippen molar-refractivity contribution in [2.24, 2.45) is 0 Å². The van der Waals surface area contributed by atoms with Crippen LogP contribution in [0.5, 0.6) is 5.75 Å². The lowest BCUT2D eigenvalue weighted by molar-refractivity contribution is 0.243. The van der Waals surface area contributed by atoms with Gasteiger partial charge in [-0.25, -0.2) is 0 Å². The third-order valence-corrected chi connectivity index (χ3v) is 3.89. The van der Waals surface area contributed by atoms with Crippen LogP contribution in [0.3, 0.4) is 0 Å². The van der Waals surface area contributed by atoms with Crippen LogP contribution < -0.4 is 4.74 Å². The fourth-order valence-electron chi connectivity index (χ4n) is 2.49. The number of hydrogen-bond acceptors (Lipinski definition) is 4. The van der Waals surface area contributed by atoms with E-state index in [1.165, 1.54) is 5.56 Å². The van der Waals surface area contributed by atoms with Crippen LogP contribution >= 0.6 is 45.2 Å². The Bertz CT molecular complexity index is 600. The minimum Gasteiger partial charge on any atom is -0.497 e. The molecule has 1 aromatic carbocycles. The number of furan rings is 1. The highest BCUT2D eigenvalue weighted by Crippen LogP contribution is 2.29. The number of halogens is 2. The molecule has 0 amide bonds. The van der Waals surface area contributed by atoms with Gasteiger partial charge >= 0.3 is 0 Å². The van der Waals surface area contributed by atoms with Crippen LogP contribution in [0.25, 0.3) is 11.0 Å². The van der Waals surface area contributed by atoms with Gasteiger partial charge < -0.3 is 14.1 Å². The molecule has 0 aliphatic rings. The van der Waals surface area contributed by atoms with E-state index in [0.29, 0.717) is 0 Å². The van der Waals surface area contributed by atoms with Crippen molar-refractivity contribution in [2.45, 2.75) is 20.4 Å². The molecule has 1 aromatic heterocycles.